The number of amides is 1. The van der Waals surface area contributed by atoms with Crippen molar-refractivity contribution in [1.29, 1.82) is 0 Å². The van der Waals surface area contributed by atoms with E-state index in [4.69, 9.17) is 0 Å². The minimum atomic E-state index is 0.00477. The number of piperidine rings is 1. The van der Waals surface area contributed by atoms with Crippen LogP contribution in [0.3, 0.4) is 0 Å². The summed E-state index contributed by atoms with van der Waals surface area (Å²) in [6.07, 6.45) is 7.20. The van der Waals surface area contributed by atoms with Gasteiger partial charge in [0.1, 0.15) is 0 Å². The summed E-state index contributed by atoms with van der Waals surface area (Å²) in [5, 5.41) is 6.56. The number of carbonyl (C=O) groups is 1. The molecule has 0 aromatic heterocycles. The van der Waals surface area contributed by atoms with E-state index in [0.717, 1.165) is 38.3 Å². The van der Waals surface area contributed by atoms with Crippen molar-refractivity contribution in [2.45, 2.75) is 44.6 Å². The van der Waals surface area contributed by atoms with Gasteiger partial charge in [0, 0.05) is 6.04 Å². The fourth-order valence-corrected chi connectivity index (χ4v) is 3.19. The van der Waals surface area contributed by atoms with Crippen molar-refractivity contribution in [1.82, 2.24) is 10.6 Å². The number of nitrogens with one attached hydrogen (secondary N) is 2. The maximum atomic E-state index is 12.0. The zero-order valence-corrected chi connectivity index (χ0v) is 9.22. The molecule has 0 aromatic rings. The largest absolute Gasteiger partial charge is 0.353 e. The summed E-state index contributed by atoms with van der Waals surface area (Å²) >= 11 is 0. The van der Waals surface area contributed by atoms with Crippen LogP contribution in [0.5, 0.6) is 0 Å². The van der Waals surface area contributed by atoms with Gasteiger partial charge in [-0.3, -0.25) is 4.79 Å². The van der Waals surface area contributed by atoms with E-state index in [-0.39, 0.29) is 5.41 Å². The second-order valence-electron chi connectivity index (χ2n) is 5.58. The number of hydrogen-bond acceptors (Lipinski definition) is 2. The van der Waals surface area contributed by atoms with Crippen LogP contribution in [0.2, 0.25) is 0 Å². The molecule has 0 radical (unpaired) electrons. The number of carbonyl (C=O) groups excluding carboxylic acids is 1. The topological polar surface area (TPSA) is 41.1 Å². The van der Waals surface area contributed by atoms with Gasteiger partial charge in [-0.05, 0) is 44.7 Å². The van der Waals surface area contributed by atoms with Crippen molar-refractivity contribution < 1.29 is 4.79 Å². The lowest BCUT2D eigenvalue weighted by molar-refractivity contribution is -0.128. The molecule has 1 atom stereocenters. The van der Waals surface area contributed by atoms with Gasteiger partial charge in [0.05, 0.1) is 5.41 Å². The molecule has 0 aromatic carbocycles. The first-order chi connectivity index (χ1) is 7.28. The Morgan fingerprint density at radius 3 is 2.67 bits per heavy atom. The van der Waals surface area contributed by atoms with Crippen LogP contribution in [-0.4, -0.2) is 25.0 Å². The van der Waals surface area contributed by atoms with Crippen molar-refractivity contribution in [2.75, 3.05) is 13.1 Å². The van der Waals surface area contributed by atoms with E-state index in [1.54, 1.807) is 0 Å². The average molecular weight is 208 g/mol. The van der Waals surface area contributed by atoms with Crippen LogP contribution >= 0.6 is 0 Å². The van der Waals surface area contributed by atoms with Gasteiger partial charge >= 0.3 is 0 Å². The first-order valence-corrected chi connectivity index (χ1v) is 6.30. The third kappa shape index (κ3) is 1.78. The van der Waals surface area contributed by atoms with Crippen molar-refractivity contribution in [3.63, 3.8) is 0 Å². The van der Waals surface area contributed by atoms with Gasteiger partial charge in [-0.2, -0.15) is 0 Å². The zero-order chi connectivity index (χ0) is 10.3. The Balaban J connectivity index is 1.65. The molecular weight excluding hydrogens is 188 g/mol. The molecule has 2 N–H and O–H groups in total. The van der Waals surface area contributed by atoms with E-state index in [0.29, 0.717) is 11.9 Å². The van der Waals surface area contributed by atoms with E-state index in [9.17, 15) is 4.79 Å². The van der Waals surface area contributed by atoms with Crippen molar-refractivity contribution in [2.24, 2.45) is 11.3 Å². The summed E-state index contributed by atoms with van der Waals surface area (Å²) in [5.41, 5.74) is 0.00477. The fraction of sp³-hybridized carbons (Fsp3) is 0.917. The van der Waals surface area contributed by atoms with Crippen LogP contribution in [0.1, 0.15) is 38.5 Å². The van der Waals surface area contributed by atoms with Crippen LogP contribution in [0.4, 0.5) is 0 Å². The molecule has 3 rings (SSSR count). The quantitative estimate of drug-likeness (QED) is 0.712. The van der Waals surface area contributed by atoms with Crippen LogP contribution in [0.25, 0.3) is 0 Å². The fourth-order valence-electron chi connectivity index (χ4n) is 3.19. The highest BCUT2D eigenvalue weighted by molar-refractivity contribution is 5.85. The third-order valence-electron chi connectivity index (χ3n) is 4.33. The molecule has 2 heterocycles. The molecule has 1 unspecified atom stereocenters. The second kappa shape index (κ2) is 3.48. The average Bonchev–Trinajstić information content (AvgIpc) is 2.98. The Bertz CT molecular complexity index is 267. The summed E-state index contributed by atoms with van der Waals surface area (Å²) < 4.78 is 0. The maximum Gasteiger partial charge on any atom is 0.226 e. The lowest BCUT2D eigenvalue weighted by atomic mass is 9.76. The Morgan fingerprint density at radius 2 is 2.00 bits per heavy atom. The zero-order valence-electron chi connectivity index (χ0n) is 9.22. The van der Waals surface area contributed by atoms with Crippen LogP contribution in [0.15, 0.2) is 0 Å². The minimum absolute atomic E-state index is 0.00477. The third-order valence-corrected chi connectivity index (χ3v) is 4.33. The number of hydrogen-bond donors (Lipinski definition) is 2. The maximum absolute atomic E-state index is 12.0. The monoisotopic (exact) mass is 208 g/mol. The van der Waals surface area contributed by atoms with E-state index in [1.807, 2.05) is 0 Å². The summed E-state index contributed by atoms with van der Waals surface area (Å²) in [4.78, 5) is 12.0. The normalized spacial score (nSPS) is 34.4. The van der Waals surface area contributed by atoms with Gasteiger partial charge < -0.3 is 10.6 Å². The molecule has 1 spiro atoms. The Kier molecular flexibility index (Phi) is 2.23. The first-order valence-electron chi connectivity index (χ1n) is 6.30. The molecule has 0 bridgehead atoms. The highest BCUT2D eigenvalue weighted by Gasteiger charge is 2.47. The SMILES string of the molecule is O=C1NC(CC2CC2)CC12CCNCC2. The lowest BCUT2D eigenvalue weighted by Gasteiger charge is -2.30. The summed E-state index contributed by atoms with van der Waals surface area (Å²) in [7, 11) is 0. The van der Waals surface area contributed by atoms with Gasteiger partial charge in [0.25, 0.3) is 0 Å². The smallest absolute Gasteiger partial charge is 0.226 e. The molecule has 2 saturated heterocycles. The number of rotatable bonds is 2. The van der Waals surface area contributed by atoms with Gasteiger partial charge in [0.15, 0.2) is 0 Å². The molecular formula is C12H20N2O. The van der Waals surface area contributed by atoms with Gasteiger partial charge in [-0.25, -0.2) is 0 Å². The Morgan fingerprint density at radius 1 is 1.27 bits per heavy atom. The molecule has 3 aliphatic rings. The lowest BCUT2D eigenvalue weighted by Crippen LogP contribution is -2.41. The van der Waals surface area contributed by atoms with Crippen LogP contribution in [0, 0.1) is 11.3 Å². The summed E-state index contributed by atoms with van der Waals surface area (Å²) in [6, 6.07) is 0.489. The Labute approximate surface area is 91.0 Å². The predicted octanol–water partition coefficient (Wildman–Crippen LogP) is 1.04. The van der Waals surface area contributed by atoms with E-state index in [2.05, 4.69) is 10.6 Å². The summed E-state index contributed by atoms with van der Waals surface area (Å²) in [6.45, 7) is 2.03. The molecule has 84 valence electrons. The van der Waals surface area contributed by atoms with Crippen LogP contribution in [-0.2, 0) is 4.79 Å². The van der Waals surface area contributed by atoms with Gasteiger partial charge in [-0.1, -0.05) is 12.8 Å². The van der Waals surface area contributed by atoms with E-state index < -0.39 is 0 Å². The molecule has 15 heavy (non-hydrogen) atoms. The van der Waals surface area contributed by atoms with Crippen molar-refractivity contribution in [3.8, 4) is 0 Å². The second-order valence-corrected chi connectivity index (χ2v) is 5.58. The summed E-state index contributed by atoms with van der Waals surface area (Å²) in [5.74, 6) is 1.27. The van der Waals surface area contributed by atoms with Gasteiger partial charge in [0.2, 0.25) is 5.91 Å². The standard InChI is InChI=1S/C12H20N2O/c15-11-12(3-5-13-6-4-12)8-10(14-11)7-9-1-2-9/h9-10,13H,1-8H2,(H,14,15). The molecule has 1 saturated carbocycles. The molecule has 3 nitrogen and oxygen atoms in total. The highest BCUT2D eigenvalue weighted by Crippen LogP contribution is 2.43. The Hall–Kier alpha value is -0.570. The molecule has 1 aliphatic carbocycles. The first kappa shape index (κ1) is 9.64. The molecule has 1 amide bonds. The predicted molar refractivity (Wildman–Crippen MR) is 58.4 cm³/mol. The highest BCUT2D eigenvalue weighted by atomic mass is 16.2. The van der Waals surface area contributed by atoms with E-state index in [1.165, 1.54) is 19.3 Å². The van der Waals surface area contributed by atoms with Crippen molar-refractivity contribution in [3.05, 3.63) is 0 Å². The van der Waals surface area contributed by atoms with Crippen molar-refractivity contribution >= 4 is 5.91 Å². The molecule has 3 fully saturated rings. The molecule has 2 aliphatic heterocycles. The van der Waals surface area contributed by atoms with Crippen LogP contribution < -0.4 is 10.6 Å². The minimum Gasteiger partial charge on any atom is -0.353 e. The van der Waals surface area contributed by atoms with E-state index >= 15 is 0 Å². The van der Waals surface area contributed by atoms with Gasteiger partial charge in [-0.15, -0.1) is 0 Å². The molecule has 3 heteroatoms.